The van der Waals surface area contributed by atoms with Gasteiger partial charge in [0.2, 0.25) is 5.91 Å². The van der Waals surface area contributed by atoms with Crippen LogP contribution in [0.1, 0.15) is 65.8 Å². The fourth-order valence-electron chi connectivity index (χ4n) is 4.14. The standard InChI is InChI=1S/C20H20ClN3O2/c1-11-16-8-13(21)6-7-15(16)20(26)24(11)19-10-22-9-17-14(19)4-3-5-18(17)23-12(2)25/h6-11,18H,3-5H2,1-2H3,(H,23,25)/t11-,18+/m1/s1. The molecule has 2 heterocycles. The van der Waals surface area contributed by atoms with Crippen molar-refractivity contribution in [3.05, 3.63) is 57.9 Å². The number of anilines is 1. The Morgan fingerprint density at radius 1 is 1.31 bits per heavy atom. The number of halogens is 1. The van der Waals surface area contributed by atoms with E-state index in [1.165, 1.54) is 6.92 Å². The van der Waals surface area contributed by atoms with Crippen LogP contribution < -0.4 is 10.2 Å². The summed E-state index contributed by atoms with van der Waals surface area (Å²) in [6.07, 6.45) is 6.29. The van der Waals surface area contributed by atoms with Gasteiger partial charge >= 0.3 is 0 Å². The minimum Gasteiger partial charge on any atom is -0.349 e. The van der Waals surface area contributed by atoms with Crippen LogP contribution in [0, 0.1) is 0 Å². The number of nitrogens with one attached hydrogen (secondary N) is 1. The maximum absolute atomic E-state index is 13.0. The zero-order valence-electron chi connectivity index (χ0n) is 14.8. The summed E-state index contributed by atoms with van der Waals surface area (Å²) in [5.41, 5.74) is 4.58. The largest absolute Gasteiger partial charge is 0.349 e. The number of carbonyl (C=O) groups excluding carboxylic acids is 2. The molecule has 1 aromatic heterocycles. The molecule has 0 unspecified atom stereocenters. The van der Waals surface area contributed by atoms with E-state index >= 15 is 0 Å². The molecule has 6 heteroatoms. The third-order valence-electron chi connectivity index (χ3n) is 5.30. The lowest BCUT2D eigenvalue weighted by Crippen LogP contribution is -2.32. The van der Waals surface area contributed by atoms with E-state index in [2.05, 4.69) is 10.3 Å². The van der Waals surface area contributed by atoms with Gasteiger partial charge in [0, 0.05) is 23.7 Å². The highest BCUT2D eigenvalue weighted by Crippen LogP contribution is 2.42. The SMILES string of the molecule is CC(=O)N[C@H]1CCCc2c1cncc2N1C(=O)c2ccc(Cl)cc2[C@H]1C. The van der Waals surface area contributed by atoms with Crippen molar-refractivity contribution in [2.24, 2.45) is 0 Å². The van der Waals surface area contributed by atoms with Crippen molar-refractivity contribution in [2.45, 2.75) is 45.2 Å². The zero-order chi connectivity index (χ0) is 18.4. The van der Waals surface area contributed by atoms with Gasteiger partial charge in [0.25, 0.3) is 5.91 Å². The smallest absolute Gasteiger partial charge is 0.259 e. The van der Waals surface area contributed by atoms with Crippen LogP contribution in [-0.4, -0.2) is 16.8 Å². The van der Waals surface area contributed by atoms with E-state index in [0.29, 0.717) is 10.6 Å². The van der Waals surface area contributed by atoms with Gasteiger partial charge in [0.05, 0.1) is 24.0 Å². The lowest BCUT2D eigenvalue weighted by Gasteiger charge is -2.31. The van der Waals surface area contributed by atoms with Gasteiger partial charge in [-0.05, 0) is 61.1 Å². The molecular formula is C20H20ClN3O2. The molecule has 5 nitrogen and oxygen atoms in total. The Morgan fingerprint density at radius 2 is 2.12 bits per heavy atom. The highest BCUT2D eigenvalue weighted by Gasteiger charge is 2.37. The van der Waals surface area contributed by atoms with Crippen molar-refractivity contribution in [1.82, 2.24) is 10.3 Å². The van der Waals surface area contributed by atoms with Crippen LogP contribution in [0.15, 0.2) is 30.6 Å². The minimum absolute atomic E-state index is 0.0268. The Labute approximate surface area is 157 Å². The summed E-state index contributed by atoms with van der Waals surface area (Å²) in [5.74, 6) is -0.0815. The molecule has 2 atom stereocenters. The van der Waals surface area contributed by atoms with Crippen LogP contribution in [0.2, 0.25) is 5.02 Å². The average molecular weight is 370 g/mol. The number of nitrogens with zero attached hydrogens (tertiary/aromatic N) is 2. The first kappa shape index (κ1) is 17.0. The van der Waals surface area contributed by atoms with Crippen molar-refractivity contribution in [3.8, 4) is 0 Å². The van der Waals surface area contributed by atoms with Crippen LogP contribution in [0.4, 0.5) is 5.69 Å². The van der Waals surface area contributed by atoms with E-state index in [4.69, 9.17) is 11.6 Å². The number of carbonyl (C=O) groups is 2. The normalized spacial score (nSPS) is 21.3. The van der Waals surface area contributed by atoms with Crippen LogP contribution in [0.25, 0.3) is 0 Å². The molecule has 2 aliphatic rings. The lowest BCUT2D eigenvalue weighted by molar-refractivity contribution is -0.119. The van der Waals surface area contributed by atoms with Gasteiger partial charge in [-0.3, -0.25) is 19.5 Å². The molecule has 2 aromatic rings. The molecule has 134 valence electrons. The number of aromatic nitrogens is 1. The Kier molecular flexibility index (Phi) is 4.19. The summed E-state index contributed by atoms with van der Waals surface area (Å²) in [6.45, 7) is 3.53. The van der Waals surface area contributed by atoms with E-state index in [9.17, 15) is 9.59 Å². The summed E-state index contributed by atoms with van der Waals surface area (Å²) >= 11 is 6.13. The van der Waals surface area contributed by atoms with Crippen LogP contribution >= 0.6 is 11.6 Å². The number of pyridine rings is 1. The molecule has 2 amide bonds. The first-order chi connectivity index (χ1) is 12.5. The first-order valence-electron chi connectivity index (χ1n) is 8.84. The minimum atomic E-state index is -0.106. The monoisotopic (exact) mass is 369 g/mol. The molecule has 0 radical (unpaired) electrons. The van der Waals surface area contributed by atoms with Gasteiger partial charge in [-0.25, -0.2) is 0 Å². The highest BCUT2D eigenvalue weighted by atomic mass is 35.5. The molecule has 1 aliphatic heterocycles. The predicted octanol–water partition coefficient (Wildman–Crippen LogP) is 3.97. The number of fused-ring (bicyclic) bond motifs is 2. The highest BCUT2D eigenvalue weighted by molar-refractivity contribution is 6.31. The molecule has 1 N–H and O–H groups in total. The van der Waals surface area contributed by atoms with E-state index in [0.717, 1.165) is 41.6 Å². The second kappa shape index (κ2) is 6.40. The topological polar surface area (TPSA) is 62.3 Å². The summed E-state index contributed by atoms with van der Waals surface area (Å²) in [6, 6.07) is 5.25. The van der Waals surface area contributed by atoms with E-state index < -0.39 is 0 Å². The molecule has 26 heavy (non-hydrogen) atoms. The van der Waals surface area contributed by atoms with Crippen LogP contribution in [0.5, 0.6) is 0 Å². The fraction of sp³-hybridized carbons (Fsp3) is 0.350. The molecular weight excluding hydrogens is 350 g/mol. The van der Waals surface area contributed by atoms with E-state index in [1.54, 1.807) is 18.3 Å². The Hall–Kier alpha value is -2.40. The third-order valence-corrected chi connectivity index (χ3v) is 5.54. The Morgan fingerprint density at radius 3 is 2.88 bits per heavy atom. The average Bonchev–Trinajstić information content (AvgIpc) is 2.85. The summed E-state index contributed by atoms with van der Waals surface area (Å²) in [7, 11) is 0. The summed E-state index contributed by atoms with van der Waals surface area (Å²) in [5, 5.41) is 3.63. The number of benzene rings is 1. The third kappa shape index (κ3) is 2.67. The summed E-state index contributed by atoms with van der Waals surface area (Å²) < 4.78 is 0. The van der Waals surface area contributed by atoms with Gasteiger partial charge in [0.15, 0.2) is 0 Å². The molecule has 1 aliphatic carbocycles. The molecule has 1 aromatic carbocycles. The van der Waals surface area contributed by atoms with E-state index in [-0.39, 0.29) is 23.9 Å². The van der Waals surface area contributed by atoms with Gasteiger partial charge in [-0.1, -0.05) is 11.6 Å². The van der Waals surface area contributed by atoms with Crippen molar-refractivity contribution in [1.29, 1.82) is 0 Å². The molecule has 0 fully saturated rings. The molecule has 4 rings (SSSR count). The fourth-order valence-corrected chi connectivity index (χ4v) is 4.32. The zero-order valence-corrected chi connectivity index (χ0v) is 15.5. The number of hydrogen-bond acceptors (Lipinski definition) is 3. The van der Waals surface area contributed by atoms with Gasteiger partial charge in [0.1, 0.15) is 0 Å². The maximum Gasteiger partial charge on any atom is 0.259 e. The summed E-state index contributed by atoms with van der Waals surface area (Å²) in [4.78, 5) is 30.8. The van der Waals surface area contributed by atoms with Crippen LogP contribution in [0.3, 0.4) is 0 Å². The van der Waals surface area contributed by atoms with Gasteiger partial charge < -0.3 is 5.32 Å². The van der Waals surface area contributed by atoms with Crippen molar-refractivity contribution >= 4 is 29.1 Å². The Balaban J connectivity index is 1.78. The van der Waals surface area contributed by atoms with Crippen molar-refractivity contribution < 1.29 is 9.59 Å². The van der Waals surface area contributed by atoms with E-state index in [1.807, 2.05) is 24.1 Å². The second-order valence-corrected chi connectivity index (χ2v) is 7.39. The molecule has 0 bridgehead atoms. The predicted molar refractivity (Wildman–Crippen MR) is 100 cm³/mol. The van der Waals surface area contributed by atoms with Crippen molar-refractivity contribution in [2.75, 3.05) is 4.90 Å². The first-order valence-corrected chi connectivity index (χ1v) is 9.22. The lowest BCUT2D eigenvalue weighted by atomic mass is 9.87. The Bertz CT molecular complexity index is 912. The second-order valence-electron chi connectivity index (χ2n) is 6.95. The van der Waals surface area contributed by atoms with Crippen LogP contribution in [-0.2, 0) is 11.2 Å². The van der Waals surface area contributed by atoms with Gasteiger partial charge in [-0.15, -0.1) is 0 Å². The quantitative estimate of drug-likeness (QED) is 0.871. The van der Waals surface area contributed by atoms with Crippen molar-refractivity contribution in [3.63, 3.8) is 0 Å². The number of rotatable bonds is 2. The van der Waals surface area contributed by atoms with Gasteiger partial charge in [-0.2, -0.15) is 0 Å². The molecule has 0 saturated heterocycles. The number of hydrogen-bond donors (Lipinski definition) is 1. The molecule has 0 saturated carbocycles. The number of amides is 2. The molecule has 0 spiro atoms. The maximum atomic E-state index is 13.0.